The van der Waals surface area contributed by atoms with E-state index in [1.165, 1.54) is 5.56 Å². The van der Waals surface area contributed by atoms with Crippen LogP contribution in [0.1, 0.15) is 57.9 Å². The van der Waals surface area contributed by atoms with E-state index in [2.05, 4.69) is 58.3 Å². The summed E-state index contributed by atoms with van der Waals surface area (Å²) in [4.78, 5) is 11.0. The Bertz CT molecular complexity index is 859. The zero-order valence-electron chi connectivity index (χ0n) is 18.8. The van der Waals surface area contributed by atoms with Crippen LogP contribution in [0.2, 0.25) is 0 Å². The Labute approximate surface area is 185 Å². The number of nitriles is 1. The fourth-order valence-corrected chi connectivity index (χ4v) is 4.13. The molecule has 1 N–H and O–H groups in total. The molecule has 0 saturated carbocycles. The highest BCUT2D eigenvalue weighted by Crippen LogP contribution is 2.36. The van der Waals surface area contributed by atoms with Crippen LogP contribution in [0, 0.1) is 11.3 Å². The molecule has 1 unspecified atom stereocenters. The summed E-state index contributed by atoms with van der Waals surface area (Å²) in [6.07, 6.45) is 6.97. The SMILES string of the molecule is CCOc1ncc(Nc2cc(C(CC)CC#N)ccc2N(CC)C2CCOCC2)cn1. The van der Waals surface area contributed by atoms with Crippen LogP contribution < -0.4 is 15.0 Å². The molecule has 0 spiro atoms. The lowest BCUT2D eigenvalue weighted by molar-refractivity contribution is 0.0846. The number of rotatable bonds is 10. The van der Waals surface area contributed by atoms with Gasteiger partial charge in [0.15, 0.2) is 0 Å². The van der Waals surface area contributed by atoms with Crippen molar-refractivity contribution in [3.63, 3.8) is 0 Å². The molecule has 0 amide bonds. The lowest BCUT2D eigenvalue weighted by Crippen LogP contribution is -2.39. The van der Waals surface area contributed by atoms with Gasteiger partial charge in [0.2, 0.25) is 0 Å². The van der Waals surface area contributed by atoms with Gasteiger partial charge in [0.05, 0.1) is 42.1 Å². The highest BCUT2D eigenvalue weighted by molar-refractivity contribution is 5.76. The van der Waals surface area contributed by atoms with Crippen LogP contribution in [0.5, 0.6) is 6.01 Å². The van der Waals surface area contributed by atoms with E-state index >= 15 is 0 Å². The third kappa shape index (κ3) is 5.86. The van der Waals surface area contributed by atoms with Crippen molar-refractivity contribution in [3.8, 4) is 12.1 Å². The summed E-state index contributed by atoms with van der Waals surface area (Å²) < 4.78 is 10.9. The van der Waals surface area contributed by atoms with E-state index in [0.717, 1.165) is 56.1 Å². The van der Waals surface area contributed by atoms with Crippen molar-refractivity contribution in [2.45, 2.75) is 58.4 Å². The van der Waals surface area contributed by atoms with Crippen LogP contribution in [0.15, 0.2) is 30.6 Å². The minimum absolute atomic E-state index is 0.217. The summed E-state index contributed by atoms with van der Waals surface area (Å²) in [6.45, 7) is 9.28. The van der Waals surface area contributed by atoms with Gasteiger partial charge in [-0.15, -0.1) is 0 Å². The van der Waals surface area contributed by atoms with Crippen molar-refractivity contribution >= 4 is 17.1 Å². The Morgan fingerprint density at radius 1 is 1.23 bits per heavy atom. The first kappa shape index (κ1) is 22.8. The monoisotopic (exact) mass is 423 g/mol. The molecule has 3 rings (SSSR count). The molecule has 1 aliphatic heterocycles. The summed E-state index contributed by atoms with van der Waals surface area (Å²) in [7, 11) is 0. The zero-order chi connectivity index (χ0) is 22.1. The Morgan fingerprint density at radius 2 is 1.97 bits per heavy atom. The molecule has 1 aromatic heterocycles. The highest BCUT2D eigenvalue weighted by Gasteiger charge is 2.23. The highest BCUT2D eigenvalue weighted by atomic mass is 16.5. The van der Waals surface area contributed by atoms with Gasteiger partial charge >= 0.3 is 6.01 Å². The predicted octanol–water partition coefficient (Wildman–Crippen LogP) is 5.03. The maximum absolute atomic E-state index is 9.24. The number of nitrogens with zero attached hydrogens (tertiary/aromatic N) is 4. The summed E-state index contributed by atoms with van der Waals surface area (Å²) in [5.74, 6) is 0.217. The van der Waals surface area contributed by atoms with Crippen LogP contribution in [-0.4, -0.2) is 42.4 Å². The number of anilines is 3. The van der Waals surface area contributed by atoms with Gasteiger partial charge in [-0.3, -0.25) is 0 Å². The summed E-state index contributed by atoms with van der Waals surface area (Å²) >= 11 is 0. The maximum Gasteiger partial charge on any atom is 0.316 e. The lowest BCUT2D eigenvalue weighted by Gasteiger charge is -2.36. The molecule has 31 heavy (non-hydrogen) atoms. The second-order valence-corrected chi connectivity index (χ2v) is 7.69. The van der Waals surface area contributed by atoms with E-state index < -0.39 is 0 Å². The van der Waals surface area contributed by atoms with Crippen LogP contribution >= 0.6 is 0 Å². The molecule has 0 aliphatic carbocycles. The molecule has 1 aromatic carbocycles. The minimum Gasteiger partial charge on any atom is -0.464 e. The van der Waals surface area contributed by atoms with Crippen LogP contribution in [-0.2, 0) is 4.74 Å². The standard InChI is InChI=1S/C24H33N5O2/c1-4-18(9-12-25)19-7-8-23(29(5-2)21-10-13-30-14-11-21)22(15-19)28-20-16-26-24(27-17-20)31-6-3/h7-8,15-18,21,28H,4-6,9-11,13-14H2,1-3H3. The Balaban J connectivity index is 1.95. The van der Waals surface area contributed by atoms with Gasteiger partial charge in [-0.1, -0.05) is 13.0 Å². The molecule has 7 heteroatoms. The summed E-state index contributed by atoms with van der Waals surface area (Å²) in [5.41, 5.74) is 4.14. The minimum atomic E-state index is 0.217. The molecule has 2 heterocycles. The van der Waals surface area contributed by atoms with E-state index in [-0.39, 0.29) is 5.92 Å². The molecular weight excluding hydrogens is 390 g/mol. The number of hydrogen-bond acceptors (Lipinski definition) is 7. The van der Waals surface area contributed by atoms with Gasteiger partial charge in [0, 0.05) is 32.2 Å². The predicted molar refractivity (Wildman–Crippen MR) is 123 cm³/mol. The smallest absolute Gasteiger partial charge is 0.316 e. The topological polar surface area (TPSA) is 83.3 Å². The third-order valence-electron chi connectivity index (χ3n) is 5.78. The Hall–Kier alpha value is -2.85. The third-order valence-corrected chi connectivity index (χ3v) is 5.78. The van der Waals surface area contributed by atoms with Crippen molar-refractivity contribution in [3.05, 3.63) is 36.2 Å². The lowest BCUT2D eigenvalue weighted by atomic mass is 9.92. The molecule has 1 fully saturated rings. The van der Waals surface area contributed by atoms with Gasteiger partial charge in [-0.2, -0.15) is 5.26 Å². The van der Waals surface area contributed by atoms with E-state index in [9.17, 15) is 5.26 Å². The van der Waals surface area contributed by atoms with Gasteiger partial charge < -0.3 is 19.7 Å². The number of hydrogen-bond donors (Lipinski definition) is 1. The molecular formula is C24H33N5O2. The van der Waals surface area contributed by atoms with E-state index in [0.29, 0.717) is 25.1 Å². The average Bonchev–Trinajstić information content (AvgIpc) is 2.81. The van der Waals surface area contributed by atoms with Crippen molar-refractivity contribution in [1.82, 2.24) is 9.97 Å². The second-order valence-electron chi connectivity index (χ2n) is 7.69. The fourth-order valence-electron chi connectivity index (χ4n) is 4.13. The molecule has 1 aliphatic rings. The maximum atomic E-state index is 9.24. The fraction of sp³-hybridized carbons (Fsp3) is 0.542. The second kappa shape index (κ2) is 11.5. The molecule has 0 radical (unpaired) electrons. The molecule has 2 aromatic rings. The van der Waals surface area contributed by atoms with E-state index in [4.69, 9.17) is 9.47 Å². The largest absolute Gasteiger partial charge is 0.464 e. The van der Waals surface area contributed by atoms with E-state index in [1.807, 2.05) is 6.92 Å². The molecule has 166 valence electrons. The van der Waals surface area contributed by atoms with Crippen molar-refractivity contribution < 1.29 is 9.47 Å². The van der Waals surface area contributed by atoms with Crippen LogP contribution in [0.25, 0.3) is 0 Å². The van der Waals surface area contributed by atoms with Crippen LogP contribution in [0.3, 0.4) is 0 Å². The normalized spacial score (nSPS) is 15.2. The first-order valence-corrected chi connectivity index (χ1v) is 11.3. The van der Waals surface area contributed by atoms with E-state index in [1.54, 1.807) is 12.4 Å². The van der Waals surface area contributed by atoms with Gasteiger partial charge in [0.25, 0.3) is 0 Å². The number of benzene rings is 1. The number of ether oxygens (including phenoxy) is 2. The van der Waals surface area contributed by atoms with Crippen LogP contribution in [0.4, 0.5) is 17.1 Å². The average molecular weight is 424 g/mol. The first-order valence-electron chi connectivity index (χ1n) is 11.3. The zero-order valence-corrected chi connectivity index (χ0v) is 18.8. The van der Waals surface area contributed by atoms with Crippen molar-refractivity contribution in [2.24, 2.45) is 0 Å². The van der Waals surface area contributed by atoms with Gasteiger partial charge in [0.1, 0.15) is 0 Å². The van der Waals surface area contributed by atoms with Crippen molar-refractivity contribution in [2.75, 3.05) is 36.6 Å². The Morgan fingerprint density at radius 3 is 2.58 bits per heavy atom. The Kier molecular flexibility index (Phi) is 8.48. The molecule has 7 nitrogen and oxygen atoms in total. The molecule has 1 atom stereocenters. The summed E-state index contributed by atoms with van der Waals surface area (Å²) in [6, 6.07) is 9.68. The quantitative estimate of drug-likeness (QED) is 0.574. The molecule has 0 bridgehead atoms. The first-order chi connectivity index (χ1) is 15.2. The number of aromatic nitrogens is 2. The summed E-state index contributed by atoms with van der Waals surface area (Å²) in [5, 5.41) is 12.8. The van der Waals surface area contributed by atoms with Gasteiger partial charge in [-0.05, 0) is 56.7 Å². The molecule has 1 saturated heterocycles. The van der Waals surface area contributed by atoms with Gasteiger partial charge in [-0.25, -0.2) is 9.97 Å². The number of nitrogens with one attached hydrogen (secondary N) is 1. The van der Waals surface area contributed by atoms with Crippen molar-refractivity contribution in [1.29, 1.82) is 5.26 Å².